The molecule has 1 aliphatic rings. The zero-order chi connectivity index (χ0) is 20.4. The van der Waals surface area contributed by atoms with Crippen LogP contribution in [0.1, 0.15) is 36.1 Å². The van der Waals surface area contributed by atoms with Crippen LogP contribution in [0.15, 0.2) is 36.8 Å². The number of hydrogen-bond donors (Lipinski definition) is 2. The Hall–Kier alpha value is -3.60. The third-order valence-corrected chi connectivity index (χ3v) is 4.57. The molecule has 1 saturated carbocycles. The number of nitrogens with one attached hydrogen (secondary N) is 2. The third-order valence-electron chi connectivity index (χ3n) is 4.57. The van der Waals surface area contributed by atoms with Crippen molar-refractivity contribution in [2.45, 2.75) is 19.3 Å². The van der Waals surface area contributed by atoms with Crippen LogP contribution < -0.4 is 10.6 Å². The Balaban J connectivity index is 1.70. The lowest BCUT2D eigenvalue weighted by molar-refractivity contribution is -0.117. The normalized spacial score (nSPS) is 13.1. The molecule has 0 saturated heterocycles. The van der Waals surface area contributed by atoms with Crippen LogP contribution in [0.2, 0.25) is 0 Å². The summed E-state index contributed by atoms with van der Waals surface area (Å²) in [5.41, 5.74) is 0.836. The van der Waals surface area contributed by atoms with Crippen molar-refractivity contribution in [3.05, 3.63) is 53.6 Å². The van der Waals surface area contributed by atoms with Crippen molar-refractivity contribution in [1.29, 1.82) is 0 Å². The van der Waals surface area contributed by atoms with Gasteiger partial charge in [-0.1, -0.05) is 5.92 Å². The standard InChI is InChI=1S/C21H17F2N5O/c1-24-20-17-11-26-18(28-21(29)12-2-3-12)8-16(17)13(9-27-20)4-6-15-7-5-14(10-25-15)19(22)23/h5,7-12,19H,2-3H2,1H3,(H,24,27)(H,26,28,29). The summed E-state index contributed by atoms with van der Waals surface area (Å²) in [6.07, 6.45) is 3.61. The zero-order valence-corrected chi connectivity index (χ0v) is 15.5. The number of carbonyl (C=O) groups excluding carboxylic acids is 1. The van der Waals surface area contributed by atoms with E-state index in [2.05, 4.69) is 37.4 Å². The molecule has 1 amide bonds. The highest BCUT2D eigenvalue weighted by molar-refractivity contribution is 5.99. The van der Waals surface area contributed by atoms with Gasteiger partial charge in [-0.2, -0.15) is 0 Å². The maximum absolute atomic E-state index is 12.7. The zero-order valence-electron chi connectivity index (χ0n) is 15.5. The summed E-state index contributed by atoms with van der Waals surface area (Å²) < 4.78 is 25.3. The second-order valence-corrected chi connectivity index (χ2v) is 6.68. The summed E-state index contributed by atoms with van der Waals surface area (Å²) in [5.74, 6) is 6.98. The van der Waals surface area contributed by atoms with E-state index in [0.717, 1.165) is 29.8 Å². The van der Waals surface area contributed by atoms with E-state index in [1.54, 1.807) is 25.5 Å². The highest BCUT2D eigenvalue weighted by atomic mass is 19.3. The van der Waals surface area contributed by atoms with Crippen LogP contribution >= 0.6 is 0 Å². The summed E-state index contributed by atoms with van der Waals surface area (Å²) in [5, 5.41) is 7.36. The first kappa shape index (κ1) is 18.7. The topological polar surface area (TPSA) is 79.8 Å². The monoisotopic (exact) mass is 393 g/mol. The van der Waals surface area contributed by atoms with Gasteiger partial charge in [-0.05, 0) is 37.0 Å². The van der Waals surface area contributed by atoms with E-state index in [0.29, 0.717) is 22.9 Å². The van der Waals surface area contributed by atoms with Gasteiger partial charge in [0.15, 0.2) is 0 Å². The molecule has 0 aromatic carbocycles. The summed E-state index contributed by atoms with van der Waals surface area (Å²) in [6.45, 7) is 0. The first-order valence-corrected chi connectivity index (χ1v) is 9.08. The minimum absolute atomic E-state index is 0.0318. The van der Waals surface area contributed by atoms with Crippen molar-refractivity contribution in [2.75, 3.05) is 17.7 Å². The number of pyridine rings is 3. The number of amides is 1. The van der Waals surface area contributed by atoms with Crippen LogP contribution in [0.25, 0.3) is 10.8 Å². The molecule has 0 aliphatic heterocycles. The molecule has 29 heavy (non-hydrogen) atoms. The second-order valence-electron chi connectivity index (χ2n) is 6.68. The molecular formula is C21H17F2N5O. The smallest absolute Gasteiger partial charge is 0.265 e. The van der Waals surface area contributed by atoms with Gasteiger partial charge < -0.3 is 10.6 Å². The van der Waals surface area contributed by atoms with Crippen LogP contribution in [0.5, 0.6) is 0 Å². The van der Waals surface area contributed by atoms with Gasteiger partial charge in [0.2, 0.25) is 5.91 Å². The first-order chi connectivity index (χ1) is 14.0. The molecule has 1 fully saturated rings. The molecule has 8 heteroatoms. The van der Waals surface area contributed by atoms with Crippen molar-refractivity contribution < 1.29 is 13.6 Å². The first-order valence-electron chi connectivity index (χ1n) is 9.08. The molecule has 0 atom stereocenters. The Kier molecular flexibility index (Phi) is 5.04. The van der Waals surface area contributed by atoms with E-state index < -0.39 is 6.43 Å². The Labute approximate surface area is 165 Å². The number of nitrogens with zero attached hydrogens (tertiary/aromatic N) is 3. The molecule has 3 heterocycles. The van der Waals surface area contributed by atoms with Gasteiger partial charge in [-0.25, -0.2) is 23.7 Å². The minimum atomic E-state index is -2.57. The molecule has 0 unspecified atom stereocenters. The summed E-state index contributed by atoms with van der Waals surface area (Å²) in [6, 6.07) is 4.52. The summed E-state index contributed by atoms with van der Waals surface area (Å²) in [4.78, 5) is 24.6. The quantitative estimate of drug-likeness (QED) is 0.660. The number of rotatable bonds is 4. The molecule has 6 nitrogen and oxygen atoms in total. The minimum Gasteiger partial charge on any atom is -0.373 e. The molecule has 0 spiro atoms. The number of aromatic nitrogens is 3. The van der Waals surface area contributed by atoms with E-state index in [9.17, 15) is 13.6 Å². The third kappa shape index (κ3) is 4.14. The summed E-state index contributed by atoms with van der Waals surface area (Å²) in [7, 11) is 1.75. The highest BCUT2D eigenvalue weighted by Crippen LogP contribution is 2.31. The fourth-order valence-electron chi connectivity index (χ4n) is 2.82. The average molecular weight is 393 g/mol. The van der Waals surface area contributed by atoms with E-state index in [-0.39, 0.29) is 17.4 Å². The lowest BCUT2D eigenvalue weighted by Crippen LogP contribution is -2.14. The van der Waals surface area contributed by atoms with E-state index >= 15 is 0 Å². The van der Waals surface area contributed by atoms with Crippen molar-refractivity contribution in [1.82, 2.24) is 15.0 Å². The number of hydrogen-bond acceptors (Lipinski definition) is 5. The molecule has 146 valence electrons. The lowest BCUT2D eigenvalue weighted by Gasteiger charge is -2.09. The lowest BCUT2D eigenvalue weighted by atomic mass is 10.1. The largest absolute Gasteiger partial charge is 0.373 e. The van der Waals surface area contributed by atoms with E-state index in [1.165, 1.54) is 12.1 Å². The van der Waals surface area contributed by atoms with Crippen molar-refractivity contribution in [2.24, 2.45) is 5.92 Å². The summed E-state index contributed by atoms with van der Waals surface area (Å²) >= 11 is 0. The number of halogens is 2. The Morgan fingerprint density at radius 1 is 1.10 bits per heavy atom. The van der Waals surface area contributed by atoms with Crippen LogP contribution in [0, 0.1) is 17.8 Å². The molecule has 1 aliphatic carbocycles. The predicted molar refractivity (Wildman–Crippen MR) is 106 cm³/mol. The molecule has 2 N–H and O–H groups in total. The highest BCUT2D eigenvalue weighted by Gasteiger charge is 2.29. The average Bonchev–Trinajstić information content (AvgIpc) is 3.57. The molecule has 3 aromatic rings. The Morgan fingerprint density at radius 3 is 2.59 bits per heavy atom. The van der Waals surface area contributed by atoms with Gasteiger partial charge >= 0.3 is 0 Å². The van der Waals surface area contributed by atoms with Gasteiger partial charge in [0.25, 0.3) is 6.43 Å². The Bertz CT molecular complexity index is 1130. The number of anilines is 2. The van der Waals surface area contributed by atoms with Crippen molar-refractivity contribution in [3.8, 4) is 11.8 Å². The molecular weight excluding hydrogens is 376 g/mol. The van der Waals surface area contributed by atoms with Gasteiger partial charge in [0.05, 0.1) is 5.56 Å². The maximum Gasteiger partial charge on any atom is 0.265 e. The SMILES string of the molecule is CNc1ncc(C#Cc2ccc(C(F)F)cn2)c2cc(NC(=O)C3CC3)ncc12. The van der Waals surface area contributed by atoms with Crippen molar-refractivity contribution >= 4 is 28.3 Å². The Morgan fingerprint density at radius 2 is 1.93 bits per heavy atom. The number of carbonyl (C=O) groups is 1. The van der Waals surface area contributed by atoms with E-state index in [1.807, 2.05) is 0 Å². The van der Waals surface area contributed by atoms with Gasteiger partial charge in [0.1, 0.15) is 17.3 Å². The van der Waals surface area contributed by atoms with Crippen LogP contribution in [0.3, 0.4) is 0 Å². The fraction of sp³-hybridized carbons (Fsp3) is 0.238. The second kappa shape index (κ2) is 7.80. The number of fused-ring (bicyclic) bond motifs is 1. The van der Waals surface area contributed by atoms with Crippen LogP contribution in [-0.4, -0.2) is 27.9 Å². The molecule has 4 rings (SSSR count). The van der Waals surface area contributed by atoms with Crippen LogP contribution in [0.4, 0.5) is 20.4 Å². The fourth-order valence-corrected chi connectivity index (χ4v) is 2.82. The van der Waals surface area contributed by atoms with Crippen LogP contribution in [-0.2, 0) is 4.79 Å². The van der Waals surface area contributed by atoms with E-state index in [4.69, 9.17) is 0 Å². The number of alkyl halides is 2. The molecule has 0 radical (unpaired) electrons. The van der Waals surface area contributed by atoms with Gasteiger partial charge in [-0.15, -0.1) is 0 Å². The maximum atomic E-state index is 12.7. The van der Waals surface area contributed by atoms with Gasteiger partial charge in [0, 0.05) is 47.9 Å². The molecule has 0 bridgehead atoms. The predicted octanol–water partition coefficient (Wildman–Crippen LogP) is 3.75. The van der Waals surface area contributed by atoms with Gasteiger partial charge in [-0.3, -0.25) is 4.79 Å². The van der Waals surface area contributed by atoms with Crippen molar-refractivity contribution in [3.63, 3.8) is 0 Å². The molecule has 3 aromatic heterocycles.